The summed E-state index contributed by atoms with van der Waals surface area (Å²) >= 11 is 11.2. The van der Waals surface area contributed by atoms with E-state index in [0.717, 1.165) is 12.1 Å². The fourth-order valence-corrected chi connectivity index (χ4v) is 4.10. The Kier molecular flexibility index (Phi) is 7.91. The van der Waals surface area contributed by atoms with E-state index in [9.17, 15) is 41.0 Å². The van der Waals surface area contributed by atoms with Gasteiger partial charge in [-0.3, -0.25) is 4.79 Å². The standard InChI is InChI=1S/C25H21Cl2F6NO4/c1-22(2,3)38-21(36)34-11-23(37,12-34)15-6-4-13(5-7-15)19(35)10-16(24(28,29)30)14-8-17(25(31,32)33)20(27)18(26)9-14/h4-10,37H,11-12H2,1-3H3. The van der Waals surface area contributed by atoms with Crippen LogP contribution >= 0.6 is 23.2 Å². The third-order valence-electron chi connectivity index (χ3n) is 5.49. The monoisotopic (exact) mass is 583 g/mol. The summed E-state index contributed by atoms with van der Waals surface area (Å²) in [6, 6.07) is 5.70. The van der Waals surface area contributed by atoms with Gasteiger partial charge < -0.3 is 14.7 Å². The van der Waals surface area contributed by atoms with Crippen LogP contribution in [-0.4, -0.2) is 46.7 Å². The Bertz CT molecular complexity index is 1270. The van der Waals surface area contributed by atoms with Crippen LogP contribution in [0.5, 0.6) is 0 Å². The van der Waals surface area contributed by atoms with Crippen molar-refractivity contribution in [2.75, 3.05) is 13.1 Å². The molecule has 0 saturated carbocycles. The predicted octanol–water partition coefficient (Wildman–Crippen LogP) is 7.28. The molecule has 0 atom stereocenters. The summed E-state index contributed by atoms with van der Waals surface area (Å²) in [6.07, 6.45) is -10.8. The molecule has 13 heteroatoms. The van der Waals surface area contributed by atoms with Crippen LogP contribution in [0.4, 0.5) is 31.1 Å². The number of ketones is 1. The zero-order chi connectivity index (χ0) is 28.8. The Hall–Kier alpha value is -2.76. The number of carbonyl (C=O) groups is 2. The van der Waals surface area contributed by atoms with Crippen molar-refractivity contribution < 1.29 is 45.8 Å². The fraction of sp³-hybridized carbons (Fsp3) is 0.360. The van der Waals surface area contributed by atoms with Gasteiger partial charge in [-0.2, -0.15) is 26.3 Å². The van der Waals surface area contributed by atoms with Crippen LogP contribution in [0.3, 0.4) is 0 Å². The smallest absolute Gasteiger partial charge is 0.417 e. The molecule has 1 saturated heterocycles. The lowest BCUT2D eigenvalue weighted by molar-refractivity contribution is -0.137. The number of allylic oxidation sites excluding steroid dienone is 2. The number of hydrogen-bond donors (Lipinski definition) is 1. The first-order chi connectivity index (χ1) is 17.2. The molecular formula is C25H21Cl2F6NO4. The maximum Gasteiger partial charge on any atom is 0.417 e. The van der Waals surface area contributed by atoms with Crippen molar-refractivity contribution >= 4 is 40.7 Å². The Labute approximate surface area is 223 Å². The number of likely N-dealkylation sites (tertiary alicyclic amines) is 1. The van der Waals surface area contributed by atoms with Gasteiger partial charge in [0.25, 0.3) is 0 Å². The maximum atomic E-state index is 13.8. The van der Waals surface area contributed by atoms with Crippen molar-refractivity contribution in [3.05, 3.63) is 74.8 Å². The fourth-order valence-electron chi connectivity index (χ4n) is 3.66. The molecule has 38 heavy (non-hydrogen) atoms. The van der Waals surface area contributed by atoms with Crippen molar-refractivity contribution in [2.45, 2.75) is 44.3 Å². The topological polar surface area (TPSA) is 66.8 Å². The SMILES string of the molecule is CC(C)(C)OC(=O)N1CC(O)(c2ccc(C(=O)C=C(c3cc(Cl)c(Cl)c(C(F)(F)F)c3)C(F)(F)F)cc2)C1. The molecule has 0 spiro atoms. The predicted molar refractivity (Wildman–Crippen MR) is 128 cm³/mol. The highest BCUT2D eigenvalue weighted by Crippen LogP contribution is 2.43. The van der Waals surface area contributed by atoms with E-state index in [1.54, 1.807) is 20.8 Å². The molecular weight excluding hydrogens is 563 g/mol. The number of ether oxygens (including phenoxy) is 1. The highest BCUT2D eigenvalue weighted by Gasteiger charge is 2.46. The maximum absolute atomic E-state index is 13.8. The molecule has 1 heterocycles. The summed E-state index contributed by atoms with van der Waals surface area (Å²) in [5.41, 5.74) is -6.34. The summed E-state index contributed by atoms with van der Waals surface area (Å²) in [4.78, 5) is 26.0. The van der Waals surface area contributed by atoms with Crippen LogP contribution in [0, 0.1) is 0 Å². The molecule has 1 aliphatic heterocycles. The highest BCUT2D eigenvalue weighted by atomic mass is 35.5. The van der Waals surface area contributed by atoms with Gasteiger partial charge in [0.1, 0.15) is 11.2 Å². The molecule has 0 unspecified atom stereocenters. The van der Waals surface area contributed by atoms with Crippen LogP contribution in [0.25, 0.3) is 5.57 Å². The number of β-amino-alcohol motifs (C(OH)–C–C–N with tert-alkyl or cyclic N) is 1. The third kappa shape index (κ3) is 6.62. The zero-order valence-corrected chi connectivity index (χ0v) is 21.6. The Balaban J connectivity index is 1.86. The first kappa shape index (κ1) is 29.8. The van der Waals surface area contributed by atoms with Crippen LogP contribution in [0.2, 0.25) is 10.0 Å². The molecule has 1 amide bonds. The minimum Gasteiger partial charge on any atom is -0.444 e. The molecule has 0 aliphatic carbocycles. The zero-order valence-electron chi connectivity index (χ0n) is 20.1. The van der Waals surface area contributed by atoms with Crippen molar-refractivity contribution in [3.63, 3.8) is 0 Å². The molecule has 1 N–H and O–H groups in total. The lowest BCUT2D eigenvalue weighted by atomic mass is 9.85. The highest BCUT2D eigenvalue weighted by molar-refractivity contribution is 6.42. The number of rotatable bonds is 4. The Morgan fingerprint density at radius 3 is 2.00 bits per heavy atom. The summed E-state index contributed by atoms with van der Waals surface area (Å²) in [5, 5.41) is 9.03. The quantitative estimate of drug-likeness (QED) is 0.233. The molecule has 1 aliphatic rings. The summed E-state index contributed by atoms with van der Waals surface area (Å²) < 4.78 is 86.3. The third-order valence-corrected chi connectivity index (χ3v) is 6.29. The molecule has 206 valence electrons. The number of benzene rings is 2. The number of halogens is 8. The van der Waals surface area contributed by atoms with Gasteiger partial charge in [0.2, 0.25) is 0 Å². The van der Waals surface area contributed by atoms with Crippen molar-refractivity contribution in [1.82, 2.24) is 4.90 Å². The minimum atomic E-state index is -5.21. The number of aliphatic hydroxyl groups is 1. The molecule has 0 radical (unpaired) electrons. The van der Waals surface area contributed by atoms with Crippen LogP contribution in [0.15, 0.2) is 42.5 Å². The molecule has 3 rings (SSSR count). The second kappa shape index (κ2) is 10.1. The van der Waals surface area contributed by atoms with Crippen LogP contribution in [0.1, 0.15) is 47.8 Å². The normalized spacial score (nSPS) is 16.2. The Morgan fingerprint density at radius 1 is 0.974 bits per heavy atom. The average Bonchev–Trinajstić information content (AvgIpc) is 2.74. The number of carbonyl (C=O) groups excluding carboxylic acids is 2. The summed E-state index contributed by atoms with van der Waals surface area (Å²) in [7, 11) is 0. The van der Waals surface area contributed by atoms with E-state index in [1.807, 2.05) is 0 Å². The van der Waals surface area contributed by atoms with E-state index in [2.05, 4.69) is 0 Å². The van der Waals surface area contributed by atoms with Crippen LogP contribution in [-0.2, 0) is 16.5 Å². The van der Waals surface area contributed by atoms with Gasteiger partial charge in [-0.05, 0) is 50.1 Å². The first-order valence-electron chi connectivity index (χ1n) is 10.9. The van der Waals surface area contributed by atoms with Crippen LogP contribution < -0.4 is 0 Å². The molecule has 0 bridgehead atoms. The van der Waals surface area contributed by atoms with Gasteiger partial charge in [0.05, 0.1) is 34.3 Å². The average molecular weight is 584 g/mol. The van der Waals surface area contributed by atoms with E-state index < -0.39 is 62.2 Å². The van der Waals surface area contributed by atoms with Gasteiger partial charge in [-0.25, -0.2) is 4.79 Å². The molecule has 5 nitrogen and oxygen atoms in total. The van der Waals surface area contributed by atoms with Crippen molar-refractivity contribution in [3.8, 4) is 0 Å². The second-order valence-corrected chi connectivity index (χ2v) is 10.5. The molecule has 2 aromatic carbocycles. The molecule has 2 aromatic rings. The van der Waals surface area contributed by atoms with E-state index in [4.69, 9.17) is 27.9 Å². The lowest BCUT2D eigenvalue weighted by Gasteiger charge is -2.46. The summed E-state index contributed by atoms with van der Waals surface area (Å²) in [5.74, 6) is -1.15. The van der Waals surface area contributed by atoms with Gasteiger partial charge in [-0.15, -0.1) is 0 Å². The largest absolute Gasteiger partial charge is 0.444 e. The number of nitrogens with zero attached hydrogens (tertiary/aromatic N) is 1. The lowest BCUT2D eigenvalue weighted by Crippen LogP contribution is -2.61. The van der Waals surface area contributed by atoms with Gasteiger partial charge in [-0.1, -0.05) is 47.5 Å². The van der Waals surface area contributed by atoms with E-state index >= 15 is 0 Å². The summed E-state index contributed by atoms with van der Waals surface area (Å²) in [6.45, 7) is 4.84. The first-order valence-corrected chi connectivity index (χ1v) is 11.7. The molecule has 1 fully saturated rings. The minimum absolute atomic E-state index is 0.105. The number of amides is 1. The van der Waals surface area contributed by atoms with Gasteiger partial charge >= 0.3 is 18.4 Å². The van der Waals surface area contributed by atoms with E-state index in [0.29, 0.717) is 11.6 Å². The number of alkyl halides is 6. The van der Waals surface area contributed by atoms with Crippen molar-refractivity contribution in [1.29, 1.82) is 0 Å². The van der Waals surface area contributed by atoms with E-state index in [-0.39, 0.29) is 30.8 Å². The van der Waals surface area contributed by atoms with Gasteiger partial charge in [0, 0.05) is 5.56 Å². The molecule has 0 aromatic heterocycles. The number of hydrogen-bond acceptors (Lipinski definition) is 4. The second-order valence-electron chi connectivity index (χ2n) is 9.68. The van der Waals surface area contributed by atoms with Gasteiger partial charge in [0.15, 0.2) is 5.78 Å². The van der Waals surface area contributed by atoms with Crippen molar-refractivity contribution in [2.24, 2.45) is 0 Å². The Morgan fingerprint density at radius 2 is 1.53 bits per heavy atom. The van der Waals surface area contributed by atoms with E-state index in [1.165, 1.54) is 17.0 Å².